The lowest BCUT2D eigenvalue weighted by Crippen LogP contribution is -2.05. The second-order valence-electron chi connectivity index (χ2n) is 4.10. The summed E-state index contributed by atoms with van der Waals surface area (Å²) in [7, 11) is 5.13. The third-order valence-corrected chi connectivity index (χ3v) is 3.54. The Morgan fingerprint density at radius 3 is 2.35 bits per heavy atom. The maximum atomic E-state index is 5.73. The fraction of sp³-hybridized carbons (Fsp3) is 0.357. The van der Waals surface area contributed by atoms with Crippen molar-refractivity contribution in [2.45, 2.75) is 13.2 Å². The van der Waals surface area contributed by atoms with Gasteiger partial charge in [-0.25, -0.2) is 4.98 Å². The minimum Gasteiger partial charge on any atom is -0.496 e. The van der Waals surface area contributed by atoms with Gasteiger partial charge in [-0.3, -0.25) is 0 Å². The number of nitrogens with one attached hydrogen (secondary N) is 1. The highest BCUT2D eigenvalue weighted by atomic mass is 32.1. The van der Waals surface area contributed by atoms with Crippen LogP contribution in [0, 0.1) is 0 Å². The largest absolute Gasteiger partial charge is 0.496 e. The topological polar surface area (TPSA) is 52.6 Å². The van der Waals surface area contributed by atoms with Crippen molar-refractivity contribution in [1.29, 1.82) is 0 Å². The number of ether oxygens (including phenoxy) is 3. The SMILES string of the molecule is CNCc1nc(COc2cc(OC)cc(OC)c2)cs1. The Balaban J connectivity index is 2.02. The van der Waals surface area contributed by atoms with Crippen LogP contribution in [0.1, 0.15) is 10.7 Å². The summed E-state index contributed by atoms with van der Waals surface area (Å²) in [5, 5.41) is 6.13. The molecule has 0 spiro atoms. The molecule has 6 heteroatoms. The Bertz CT molecular complexity index is 535. The summed E-state index contributed by atoms with van der Waals surface area (Å²) < 4.78 is 16.1. The van der Waals surface area contributed by atoms with Crippen molar-refractivity contribution in [2.24, 2.45) is 0 Å². The van der Waals surface area contributed by atoms with Gasteiger partial charge in [0.2, 0.25) is 0 Å². The number of thiazole rings is 1. The van der Waals surface area contributed by atoms with Gasteiger partial charge < -0.3 is 19.5 Å². The van der Waals surface area contributed by atoms with Crippen molar-refractivity contribution >= 4 is 11.3 Å². The van der Waals surface area contributed by atoms with Gasteiger partial charge in [-0.15, -0.1) is 11.3 Å². The Hall–Kier alpha value is -1.79. The van der Waals surface area contributed by atoms with Crippen LogP contribution in [0.3, 0.4) is 0 Å². The third-order valence-electron chi connectivity index (χ3n) is 2.64. The van der Waals surface area contributed by atoms with Gasteiger partial charge >= 0.3 is 0 Å². The van der Waals surface area contributed by atoms with E-state index in [0.29, 0.717) is 23.9 Å². The second kappa shape index (κ2) is 7.12. The molecule has 2 rings (SSSR count). The fourth-order valence-electron chi connectivity index (χ4n) is 1.67. The van der Waals surface area contributed by atoms with Gasteiger partial charge in [-0.1, -0.05) is 0 Å². The summed E-state index contributed by atoms with van der Waals surface area (Å²) >= 11 is 1.62. The molecule has 0 aliphatic carbocycles. The first-order valence-corrected chi connectivity index (χ1v) is 7.07. The van der Waals surface area contributed by atoms with Crippen LogP contribution in [-0.2, 0) is 13.2 Å². The molecule has 0 aliphatic rings. The van der Waals surface area contributed by atoms with Crippen molar-refractivity contribution in [2.75, 3.05) is 21.3 Å². The van der Waals surface area contributed by atoms with E-state index in [4.69, 9.17) is 14.2 Å². The lowest BCUT2D eigenvalue weighted by Gasteiger charge is -2.09. The summed E-state index contributed by atoms with van der Waals surface area (Å²) in [6, 6.07) is 5.45. The highest BCUT2D eigenvalue weighted by molar-refractivity contribution is 7.09. The first-order valence-electron chi connectivity index (χ1n) is 6.19. The average molecular weight is 294 g/mol. The second-order valence-corrected chi connectivity index (χ2v) is 5.04. The van der Waals surface area contributed by atoms with Gasteiger partial charge in [0.1, 0.15) is 28.9 Å². The Morgan fingerprint density at radius 2 is 1.75 bits per heavy atom. The number of nitrogens with zero attached hydrogens (tertiary/aromatic N) is 1. The molecule has 0 atom stereocenters. The van der Waals surface area contributed by atoms with E-state index in [2.05, 4.69) is 10.3 Å². The van der Waals surface area contributed by atoms with Gasteiger partial charge in [0.15, 0.2) is 0 Å². The first kappa shape index (κ1) is 14.6. The van der Waals surface area contributed by atoms with Crippen LogP contribution in [0.5, 0.6) is 17.2 Å². The van der Waals surface area contributed by atoms with Gasteiger partial charge in [0.25, 0.3) is 0 Å². The predicted octanol–water partition coefficient (Wildman–Crippen LogP) is 2.46. The summed E-state index contributed by atoms with van der Waals surface area (Å²) in [5.74, 6) is 2.10. The zero-order valence-corrected chi connectivity index (χ0v) is 12.6. The molecule has 0 saturated heterocycles. The minimum atomic E-state index is 0.427. The molecule has 0 bridgehead atoms. The highest BCUT2D eigenvalue weighted by Crippen LogP contribution is 2.28. The average Bonchev–Trinajstić information content (AvgIpc) is 2.93. The molecular weight excluding hydrogens is 276 g/mol. The zero-order valence-electron chi connectivity index (χ0n) is 11.8. The Kier molecular flexibility index (Phi) is 5.20. The standard InChI is InChI=1S/C14H18N2O3S/c1-15-7-14-16-10(9-20-14)8-19-13-5-11(17-2)4-12(6-13)18-3/h4-6,9,15H,7-8H2,1-3H3. The predicted molar refractivity (Wildman–Crippen MR) is 78.8 cm³/mol. The third kappa shape index (κ3) is 3.85. The number of benzene rings is 1. The van der Waals surface area contributed by atoms with Gasteiger partial charge in [0, 0.05) is 30.1 Å². The van der Waals surface area contributed by atoms with Gasteiger partial charge in [0.05, 0.1) is 19.9 Å². The molecule has 1 aromatic heterocycles. The van der Waals surface area contributed by atoms with E-state index in [0.717, 1.165) is 17.2 Å². The lowest BCUT2D eigenvalue weighted by molar-refractivity contribution is 0.296. The molecule has 1 aromatic carbocycles. The van der Waals surface area contributed by atoms with Crippen molar-refractivity contribution in [3.63, 3.8) is 0 Å². The summed E-state index contributed by atoms with van der Waals surface area (Å²) in [6.45, 7) is 1.20. The Labute approximate surface area is 122 Å². The zero-order chi connectivity index (χ0) is 14.4. The van der Waals surface area contributed by atoms with E-state index >= 15 is 0 Å². The molecule has 5 nitrogen and oxygen atoms in total. The maximum Gasteiger partial charge on any atom is 0.131 e. The lowest BCUT2D eigenvalue weighted by atomic mass is 10.3. The monoisotopic (exact) mass is 294 g/mol. The molecule has 0 unspecified atom stereocenters. The molecule has 0 radical (unpaired) electrons. The molecular formula is C14H18N2O3S. The van der Waals surface area contributed by atoms with E-state index in [1.807, 2.05) is 24.6 Å². The number of hydrogen-bond donors (Lipinski definition) is 1. The van der Waals surface area contributed by atoms with Crippen LogP contribution < -0.4 is 19.5 Å². The Morgan fingerprint density at radius 1 is 1.10 bits per heavy atom. The van der Waals surface area contributed by atoms with Crippen molar-refractivity contribution in [1.82, 2.24) is 10.3 Å². The number of methoxy groups -OCH3 is 2. The van der Waals surface area contributed by atoms with Crippen molar-refractivity contribution in [3.05, 3.63) is 34.3 Å². The molecule has 0 amide bonds. The van der Waals surface area contributed by atoms with Crippen LogP contribution in [0.4, 0.5) is 0 Å². The summed E-state index contributed by atoms with van der Waals surface area (Å²) in [5.41, 5.74) is 0.919. The molecule has 1 N–H and O–H groups in total. The smallest absolute Gasteiger partial charge is 0.131 e. The highest BCUT2D eigenvalue weighted by Gasteiger charge is 2.05. The van der Waals surface area contributed by atoms with Crippen LogP contribution in [0.25, 0.3) is 0 Å². The van der Waals surface area contributed by atoms with Gasteiger partial charge in [-0.2, -0.15) is 0 Å². The summed E-state index contributed by atoms with van der Waals surface area (Å²) in [4.78, 5) is 4.47. The van der Waals surface area contributed by atoms with Gasteiger partial charge in [-0.05, 0) is 7.05 Å². The van der Waals surface area contributed by atoms with E-state index in [1.54, 1.807) is 31.6 Å². The maximum absolute atomic E-state index is 5.73. The molecule has 0 saturated carbocycles. The van der Waals surface area contributed by atoms with Crippen LogP contribution in [0.2, 0.25) is 0 Å². The van der Waals surface area contributed by atoms with E-state index in [9.17, 15) is 0 Å². The van der Waals surface area contributed by atoms with Crippen LogP contribution in [-0.4, -0.2) is 26.3 Å². The number of aromatic nitrogens is 1. The van der Waals surface area contributed by atoms with E-state index in [1.165, 1.54) is 0 Å². The molecule has 2 aromatic rings. The number of rotatable bonds is 7. The van der Waals surface area contributed by atoms with E-state index < -0.39 is 0 Å². The van der Waals surface area contributed by atoms with Crippen molar-refractivity contribution in [3.8, 4) is 17.2 Å². The quantitative estimate of drug-likeness (QED) is 0.850. The molecule has 0 aliphatic heterocycles. The minimum absolute atomic E-state index is 0.427. The van der Waals surface area contributed by atoms with Crippen molar-refractivity contribution < 1.29 is 14.2 Å². The normalized spacial score (nSPS) is 10.3. The molecule has 20 heavy (non-hydrogen) atoms. The first-order chi connectivity index (χ1) is 9.75. The summed E-state index contributed by atoms with van der Waals surface area (Å²) in [6.07, 6.45) is 0. The van der Waals surface area contributed by atoms with E-state index in [-0.39, 0.29) is 0 Å². The molecule has 1 heterocycles. The van der Waals surface area contributed by atoms with Crippen LogP contribution >= 0.6 is 11.3 Å². The number of hydrogen-bond acceptors (Lipinski definition) is 6. The molecule has 108 valence electrons. The molecule has 0 fully saturated rings. The van der Waals surface area contributed by atoms with Crippen LogP contribution in [0.15, 0.2) is 23.6 Å². The fourth-order valence-corrected chi connectivity index (χ4v) is 2.46.